The lowest BCUT2D eigenvalue weighted by atomic mass is 9.87. The maximum absolute atomic E-state index is 12.5. The lowest BCUT2D eigenvalue weighted by molar-refractivity contribution is -0.186. The van der Waals surface area contributed by atoms with E-state index in [2.05, 4.69) is 5.32 Å². The smallest absolute Gasteiger partial charge is 0.346 e. The van der Waals surface area contributed by atoms with Crippen LogP contribution in [0.3, 0.4) is 0 Å². The molecule has 0 radical (unpaired) electrons. The second-order valence-electron chi connectivity index (χ2n) is 4.74. The highest BCUT2D eigenvalue weighted by molar-refractivity contribution is 6.22. The summed E-state index contributed by atoms with van der Waals surface area (Å²) in [6.07, 6.45) is -10.7. The van der Waals surface area contributed by atoms with Gasteiger partial charge in [-0.3, -0.25) is 9.59 Å². The van der Waals surface area contributed by atoms with Gasteiger partial charge in [-0.25, -0.2) is 4.42 Å². The van der Waals surface area contributed by atoms with Crippen molar-refractivity contribution < 1.29 is 35.9 Å². The molecule has 0 aromatic rings. The SMILES string of the molecule is O=C(NCC1(N(Cl)C(=O)C(F)(F)F)CCNCC1)C(F)(F)F. The summed E-state index contributed by atoms with van der Waals surface area (Å²) in [4.78, 5) is 22.0. The van der Waals surface area contributed by atoms with Crippen LogP contribution in [0.25, 0.3) is 0 Å². The normalized spacial score (nSPS) is 18.7. The minimum atomic E-state index is -5.27. The molecule has 0 atom stereocenters. The Hall–Kier alpha value is -1.23. The Bertz CT molecular complexity index is 433. The number of carbonyl (C=O) groups excluding carboxylic acids is 2. The van der Waals surface area contributed by atoms with Crippen LogP contribution in [-0.2, 0) is 9.59 Å². The lowest BCUT2D eigenvalue weighted by Gasteiger charge is -2.42. The molecule has 1 saturated heterocycles. The highest BCUT2D eigenvalue weighted by atomic mass is 35.5. The Balaban J connectivity index is 2.91. The molecule has 1 rings (SSSR count). The number of halogens is 7. The van der Waals surface area contributed by atoms with Gasteiger partial charge in [-0.2, -0.15) is 26.3 Å². The van der Waals surface area contributed by atoms with E-state index in [1.54, 1.807) is 0 Å². The van der Waals surface area contributed by atoms with Crippen molar-refractivity contribution >= 4 is 23.6 Å². The molecular weight excluding hydrogens is 344 g/mol. The highest BCUT2D eigenvalue weighted by Crippen LogP contribution is 2.32. The summed E-state index contributed by atoms with van der Waals surface area (Å²) in [5.74, 6) is -4.70. The minimum absolute atomic E-state index is 0.135. The molecule has 0 aliphatic carbocycles. The average Bonchev–Trinajstić information content (AvgIpc) is 2.42. The topological polar surface area (TPSA) is 61.4 Å². The van der Waals surface area contributed by atoms with E-state index in [1.165, 1.54) is 5.32 Å². The molecule has 0 unspecified atom stereocenters. The van der Waals surface area contributed by atoms with Crippen molar-refractivity contribution in [3.63, 3.8) is 0 Å². The summed E-state index contributed by atoms with van der Waals surface area (Å²) < 4.78 is 73.7. The van der Waals surface area contributed by atoms with Gasteiger partial charge in [-0.05, 0) is 25.9 Å². The zero-order chi connectivity index (χ0) is 17.2. The Morgan fingerprint density at radius 1 is 1.09 bits per heavy atom. The number of hydrogen-bond donors (Lipinski definition) is 2. The summed E-state index contributed by atoms with van der Waals surface area (Å²) in [6, 6.07) is 0. The van der Waals surface area contributed by atoms with Crippen LogP contribution in [0.4, 0.5) is 26.3 Å². The zero-order valence-corrected chi connectivity index (χ0v) is 11.7. The van der Waals surface area contributed by atoms with E-state index in [-0.39, 0.29) is 30.4 Å². The minimum Gasteiger partial charge on any atom is -0.346 e. The molecule has 0 aromatic heterocycles. The first-order valence-corrected chi connectivity index (χ1v) is 6.37. The molecule has 1 aliphatic rings. The standard InChI is InChI=1S/C10H12ClF6N3O2/c11-20(7(22)10(15,16)17)8(1-3-18-4-2-8)5-19-6(21)9(12,13)14/h18H,1-5H2,(H,19,21). The van der Waals surface area contributed by atoms with Gasteiger partial charge in [0.05, 0.1) is 5.54 Å². The summed E-state index contributed by atoms with van der Waals surface area (Å²) in [5.41, 5.74) is -1.75. The van der Waals surface area contributed by atoms with Gasteiger partial charge in [0.2, 0.25) is 0 Å². The number of rotatable bonds is 3. The fraction of sp³-hybridized carbons (Fsp3) is 0.800. The molecule has 22 heavy (non-hydrogen) atoms. The third-order valence-electron chi connectivity index (χ3n) is 3.21. The first kappa shape index (κ1) is 18.8. The van der Waals surface area contributed by atoms with Crippen LogP contribution in [0, 0.1) is 0 Å². The van der Waals surface area contributed by atoms with E-state index in [4.69, 9.17) is 11.8 Å². The van der Waals surface area contributed by atoms with Crippen molar-refractivity contribution in [1.82, 2.24) is 15.1 Å². The van der Waals surface area contributed by atoms with Gasteiger partial charge in [-0.15, -0.1) is 0 Å². The van der Waals surface area contributed by atoms with Crippen LogP contribution in [0.1, 0.15) is 12.8 Å². The summed E-state index contributed by atoms with van der Waals surface area (Å²) >= 11 is 5.45. The summed E-state index contributed by atoms with van der Waals surface area (Å²) in [7, 11) is 0. The Morgan fingerprint density at radius 3 is 2.00 bits per heavy atom. The van der Waals surface area contributed by atoms with Crippen LogP contribution < -0.4 is 10.6 Å². The van der Waals surface area contributed by atoms with Gasteiger partial charge in [0, 0.05) is 18.3 Å². The van der Waals surface area contributed by atoms with Gasteiger partial charge in [-0.1, -0.05) is 0 Å². The Morgan fingerprint density at radius 2 is 1.59 bits per heavy atom. The first-order chi connectivity index (χ1) is 9.90. The van der Waals surface area contributed by atoms with Gasteiger partial charge >= 0.3 is 24.2 Å². The van der Waals surface area contributed by atoms with Gasteiger partial charge in [0.25, 0.3) is 0 Å². The van der Waals surface area contributed by atoms with E-state index < -0.39 is 36.3 Å². The highest BCUT2D eigenvalue weighted by Gasteiger charge is 2.51. The molecule has 1 aliphatic heterocycles. The van der Waals surface area contributed by atoms with Gasteiger partial charge in [0.1, 0.15) is 0 Å². The fourth-order valence-electron chi connectivity index (χ4n) is 2.01. The van der Waals surface area contributed by atoms with Crippen molar-refractivity contribution in [2.24, 2.45) is 0 Å². The number of nitrogens with zero attached hydrogens (tertiary/aromatic N) is 1. The fourth-order valence-corrected chi connectivity index (χ4v) is 2.33. The van der Waals surface area contributed by atoms with Crippen LogP contribution in [0.2, 0.25) is 0 Å². The van der Waals surface area contributed by atoms with Crippen LogP contribution in [-0.4, -0.2) is 53.8 Å². The number of piperidine rings is 1. The molecule has 2 amide bonds. The van der Waals surface area contributed by atoms with Gasteiger partial charge < -0.3 is 10.6 Å². The molecular formula is C10H12ClF6N3O2. The van der Waals surface area contributed by atoms with E-state index in [9.17, 15) is 35.9 Å². The second-order valence-corrected chi connectivity index (χ2v) is 5.08. The quantitative estimate of drug-likeness (QED) is 0.593. The monoisotopic (exact) mass is 355 g/mol. The van der Waals surface area contributed by atoms with E-state index in [0.29, 0.717) is 0 Å². The zero-order valence-electron chi connectivity index (χ0n) is 10.9. The molecule has 0 saturated carbocycles. The molecule has 5 nitrogen and oxygen atoms in total. The van der Waals surface area contributed by atoms with Crippen molar-refractivity contribution in [1.29, 1.82) is 0 Å². The molecule has 1 heterocycles. The number of nitrogens with one attached hydrogen (secondary N) is 2. The van der Waals surface area contributed by atoms with E-state index in [1.807, 2.05) is 0 Å². The Labute approximate surface area is 126 Å². The predicted molar refractivity (Wildman–Crippen MR) is 62.7 cm³/mol. The van der Waals surface area contributed by atoms with Crippen molar-refractivity contribution in [3.05, 3.63) is 0 Å². The maximum atomic E-state index is 12.5. The molecule has 12 heteroatoms. The average molecular weight is 356 g/mol. The van der Waals surface area contributed by atoms with E-state index >= 15 is 0 Å². The third kappa shape index (κ3) is 4.38. The largest absolute Gasteiger partial charge is 0.472 e. The molecule has 1 fully saturated rings. The van der Waals surface area contributed by atoms with Gasteiger partial charge in [0.15, 0.2) is 0 Å². The first-order valence-electron chi connectivity index (χ1n) is 6.03. The lowest BCUT2D eigenvalue weighted by Crippen LogP contribution is -2.61. The van der Waals surface area contributed by atoms with E-state index in [0.717, 1.165) is 0 Å². The molecule has 128 valence electrons. The molecule has 0 bridgehead atoms. The summed E-state index contributed by atoms with van der Waals surface area (Å²) in [5, 5.41) is 4.26. The predicted octanol–water partition coefficient (Wildman–Crippen LogP) is 1.33. The molecule has 0 aromatic carbocycles. The number of amides is 2. The second kappa shape index (κ2) is 6.49. The maximum Gasteiger partial charge on any atom is 0.472 e. The van der Waals surface area contributed by atoms with Crippen LogP contribution >= 0.6 is 11.8 Å². The summed E-state index contributed by atoms with van der Waals surface area (Å²) in [6.45, 7) is -0.565. The van der Waals surface area contributed by atoms with Crippen LogP contribution in [0.5, 0.6) is 0 Å². The number of alkyl halides is 6. The number of carbonyl (C=O) groups is 2. The third-order valence-corrected chi connectivity index (χ3v) is 3.72. The molecule has 2 N–H and O–H groups in total. The van der Waals surface area contributed by atoms with Crippen molar-refractivity contribution in [3.8, 4) is 0 Å². The Kier molecular flexibility index (Phi) is 5.55. The van der Waals surface area contributed by atoms with Crippen molar-refractivity contribution in [2.75, 3.05) is 19.6 Å². The number of hydrogen-bond acceptors (Lipinski definition) is 3. The van der Waals surface area contributed by atoms with Crippen molar-refractivity contribution in [2.45, 2.75) is 30.7 Å². The van der Waals surface area contributed by atoms with Crippen LogP contribution in [0.15, 0.2) is 0 Å². The molecule has 0 spiro atoms.